The first kappa shape index (κ1) is 17.1. The van der Waals surface area contributed by atoms with Crippen molar-refractivity contribution in [3.63, 3.8) is 0 Å². The Balaban J connectivity index is 1.76. The molecule has 0 aromatic rings. The molecule has 1 saturated heterocycles. The van der Waals surface area contributed by atoms with E-state index in [0.29, 0.717) is 6.04 Å². The van der Waals surface area contributed by atoms with Crippen LogP contribution in [0.2, 0.25) is 0 Å². The average molecular weight is 311 g/mol. The van der Waals surface area contributed by atoms with Crippen molar-refractivity contribution in [2.45, 2.75) is 70.5 Å². The number of hydrogen-bond donors (Lipinski definition) is 2. The normalized spacial score (nSPS) is 28.3. The minimum atomic E-state index is -0.784. The molecule has 2 fully saturated rings. The number of carbonyl (C=O) groups excluding carboxylic acids is 1. The lowest BCUT2D eigenvalue weighted by Gasteiger charge is -2.44. The smallest absolute Gasteiger partial charge is 0.317 e. The molecular formula is C16H29N3O3. The molecule has 1 aliphatic heterocycles. The molecule has 0 bridgehead atoms. The predicted octanol–water partition coefficient (Wildman–Crippen LogP) is 1.90. The van der Waals surface area contributed by atoms with Gasteiger partial charge in [-0.3, -0.25) is 9.69 Å². The third-order valence-electron chi connectivity index (χ3n) is 5.06. The molecule has 0 aromatic heterocycles. The van der Waals surface area contributed by atoms with Gasteiger partial charge in [-0.2, -0.15) is 0 Å². The number of piperidine rings is 1. The lowest BCUT2D eigenvalue weighted by atomic mass is 9.85. The summed E-state index contributed by atoms with van der Waals surface area (Å²) in [5, 5.41) is 12.0. The van der Waals surface area contributed by atoms with Crippen LogP contribution in [0.1, 0.15) is 52.4 Å². The molecular weight excluding hydrogens is 282 g/mol. The monoisotopic (exact) mass is 311 g/mol. The first-order valence-corrected chi connectivity index (χ1v) is 8.58. The van der Waals surface area contributed by atoms with E-state index in [1.165, 1.54) is 6.42 Å². The van der Waals surface area contributed by atoms with Gasteiger partial charge in [0.1, 0.15) is 0 Å². The molecule has 1 saturated carbocycles. The van der Waals surface area contributed by atoms with Gasteiger partial charge in [-0.05, 0) is 45.1 Å². The van der Waals surface area contributed by atoms with Gasteiger partial charge in [0.15, 0.2) is 0 Å². The molecule has 2 aliphatic rings. The van der Waals surface area contributed by atoms with E-state index in [1.807, 2.05) is 16.7 Å². The van der Waals surface area contributed by atoms with Crippen LogP contribution in [0.25, 0.3) is 0 Å². The molecule has 1 atom stereocenters. The first-order chi connectivity index (χ1) is 10.5. The van der Waals surface area contributed by atoms with E-state index in [0.717, 1.165) is 45.2 Å². The van der Waals surface area contributed by atoms with Crippen molar-refractivity contribution in [1.29, 1.82) is 0 Å². The number of nitrogens with zero attached hydrogens (tertiary/aromatic N) is 2. The van der Waals surface area contributed by atoms with Gasteiger partial charge in [-0.25, -0.2) is 4.79 Å². The average Bonchev–Trinajstić information content (AvgIpc) is 2.48. The Kier molecular flexibility index (Phi) is 6.06. The van der Waals surface area contributed by atoms with Gasteiger partial charge in [0.25, 0.3) is 0 Å². The summed E-state index contributed by atoms with van der Waals surface area (Å²) in [6, 6.07) is 0.926. The number of carboxylic acid groups (broad SMARTS) is 1. The molecule has 2 N–H and O–H groups in total. The van der Waals surface area contributed by atoms with Gasteiger partial charge < -0.3 is 15.3 Å². The summed E-state index contributed by atoms with van der Waals surface area (Å²) >= 11 is 0. The molecule has 6 nitrogen and oxygen atoms in total. The van der Waals surface area contributed by atoms with Crippen LogP contribution in [-0.2, 0) is 4.79 Å². The van der Waals surface area contributed by atoms with Gasteiger partial charge in [0.2, 0.25) is 0 Å². The van der Waals surface area contributed by atoms with Crippen molar-refractivity contribution < 1.29 is 14.7 Å². The Morgan fingerprint density at radius 2 is 2.00 bits per heavy atom. The number of likely N-dealkylation sites (tertiary alicyclic amines) is 1. The lowest BCUT2D eigenvalue weighted by molar-refractivity contribution is -0.139. The quantitative estimate of drug-likeness (QED) is 0.786. The molecule has 126 valence electrons. The second-order valence-electron chi connectivity index (χ2n) is 6.48. The van der Waals surface area contributed by atoms with E-state index in [2.05, 4.69) is 12.2 Å². The van der Waals surface area contributed by atoms with Gasteiger partial charge in [0, 0.05) is 24.7 Å². The molecule has 0 spiro atoms. The maximum atomic E-state index is 12.4. The standard InChI is InChI=1S/C16H29N3O3/c1-3-13-7-5-6-8-19(13)16(22)17-12-9-14(10-12)18(4-2)11-15(20)21/h12-14H,3-11H2,1-2H3,(H,17,22)(H,20,21). The number of nitrogens with one attached hydrogen (secondary N) is 1. The predicted molar refractivity (Wildman–Crippen MR) is 84.9 cm³/mol. The summed E-state index contributed by atoms with van der Waals surface area (Å²) in [5.74, 6) is -0.784. The fourth-order valence-electron chi connectivity index (χ4n) is 3.63. The summed E-state index contributed by atoms with van der Waals surface area (Å²) in [5.41, 5.74) is 0. The van der Waals surface area contributed by atoms with Crippen molar-refractivity contribution in [2.75, 3.05) is 19.6 Å². The lowest BCUT2D eigenvalue weighted by Crippen LogP contribution is -2.58. The number of likely N-dealkylation sites (N-methyl/N-ethyl adjacent to an activating group) is 1. The number of amides is 2. The van der Waals surface area contributed by atoms with E-state index in [4.69, 9.17) is 5.11 Å². The highest BCUT2D eigenvalue weighted by atomic mass is 16.4. The van der Waals surface area contributed by atoms with Crippen LogP contribution >= 0.6 is 0 Å². The van der Waals surface area contributed by atoms with E-state index in [9.17, 15) is 9.59 Å². The Labute approximate surface area is 132 Å². The summed E-state index contributed by atoms with van der Waals surface area (Å²) in [7, 11) is 0. The van der Waals surface area contributed by atoms with Crippen LogP contribution in [0.4, 0.5) is 4.79 Å². The van der Waals surface area contributed by atoms with E-state index in [-0.39, 0.29) is 24.7 Å². The highest BCUT2D eigenvalue weighted by molar-refractivity contribution is 5.75. The second kappa shape index (κ2) is 7.81. The first-order valence-electron chi connectivity index (χ1n) is 8.58. The number of hydrogen-bond acceptors (Lipinski definition) is 3. The Bertz CT molecular complexity index is 396. The van der Waals surface area contributed by atoms with Crippen LogP contribution < -0.4 is 5.32 Å². The summed E-state index contributed by atoms with van der Waals surface area (Å²) < 4.78 is 0. The second-order valence-corrected chi connectivity index (χ2v) is 6.48. The van der Waals surface area contributed by atoms with E-state index >= 15 is 0 Å². The maximum Gasteiger partial charge on any atom is 0.317 e. The molecule has 22 heavy (non-hydrogen) atoms. The van der Waals surface area contributed by atoms with Crippen LogP contribution in [0, 0.1) is 0 Å². The fourth-order valence-corrected chi connectivity index (χ4v) is 3.63. The molecule has 0 aromatic carbocycles. The van der Waals surface area contributed by atoms with Gasteiger partial charge in [0.05, 0.1) is 6.54 Å². The van der Waals surface area contributed by atoms with E-state index < -0.39 is 5.97 Å². The van der Waals surface area contributed by atoms with Crippen molar-refractivity contribution in [2.24, 2.45) is 0 Å². The maximum absolute atomic E-state index is 12.4. The van der Waals surface area contributed by atoms with Crippen molar-refractivity contribution in [3.8, 4) is 0 Å². The van der Waals surface area contributed by atoms with Crippen LogP contribution in [-0.4, -0.2) is 64.7 Å². The summed E-state index contributed by atoms with van der Waals surface area (Å²) in [4.78, 5) is 27.2. The number of urea groups is 1. The molecule has 2 rings (SSSR count). The summed E-state index contributed by atoms with van der Waals surface area (Å²) in [6.45, 7) is 5.81. The molecule has 1 unspecified atom stereocenters. The van der Waals surface area contributed by atoms with Gasteiger partial charge in [-0.1, -0.05) is 13.8 Å². The van der Waals surface area contributed by atoms with Crippen LogP contribution in [0.5, 0.6) is 0 Å². The number of carbonyl (C=O) groups is 2. The zero-order valence-corrected chi connectivity index (χ0v) is 13.8. The minimum absolute atomic E-state index is 0.0660. The molecule has 0 radical (unpaired) electrons. The van der Waals surface area contributed by atoms with Gasteiger partial charge in [-0.15, -0.1) is 0 Å². The Morgan fingerprint density at radius 1 is 1.27 bits per heavy atom. The van der Waals surface area contributed by atoms with E-state index in [1.54, 1.807) is 0 Å². The van der Waals surface area contributed by atoms with Crippen molar-refractivity contribution in [1.82, 2.24) is 15.1 Å². The third kappa shape index (κ3) is 4.12. The van der Waals surface area contributed by atoms with Crippen LogP contribution in [0.15, 0.2) is 0 Å². The summed E-state index contributed by atoms with van der Waals surface area (Å²) in [6.07, 6.45) is 6.16. The largest absolute Gasteiger partial charge is 0.480 e. The molecule has 6 heteroatoms. The number of aliphatic carboxylic acids is 1. The van der Waals surface area contributed by atoms with Gasteiger partial charge >= 0.3 is 12.0 Å². The molecule has 1 aliphatic carbocycles. The highest BCUT2D eigenvalue weighted by Crippen LogP contribution is 2.26. The minimum Gasteiger partial charge on any atom is -0.480 e. The van der Waals surface area contributed by atoms with Crippen LogP contribution in [0.3, 0.4) is 0 Å². The van der Waals surface area contributed by atoms with Crippen molar-refractivity contribution in [3.05, 3.63) is 0 Å². The molecule has 1 heterocycles. The number of rotatable bonds is 6. The Hall–Kier alpha value is -1.30. The Morgan fingerprint density at radius 3 is 2.59 bits per heavy atom. The molecule has 2 amide bonds. The highest BCUT2D eigenvalue weighted by Gasteiger charge is 2.36. The SMILES string of the molecule is CCC1CCCCN1C(=O)NC1CC(N(CC)CC(=O)O)C1. The topological polar surface area (TPSA) is 72.9 Å². The fraction of sp³-hybridized carbons (Fsp3) is 0.875. The zero-order valence-electron chi connectivity index (χ0n) is 13.8. The van der Waals surface area contributed by atoms with Crippen molar-refractivity contribution >= 4 is 12.0 Å². The zero-order chi connectivity index (χ0) is 16.1. The number of carboxylic acids is 1. The third-order valence-corrected chi connectivity index (χ3v) is 5.06.